The zero-order valence-electron chi connectivity index (χ0n) is 9.53. The minimum Gasteiger partial charge on any atom is -0.480 e. The first-order chi connectivity index (χ1) is 7.47. The van der Waals surface area contributed by atoms with Gasteiger partial charge in [0.2, 0.25) is 0 Å². The van der Waals surface area contributed by atoms with E-state index in [1.54, 1.807) is 6.92 Å². The van der Waals surface area contributed by atoms with Crippen molar-refractivity contribution in [1.82, 2.24) is 5.32 Å². The van der Waals surface area contributed by atoms with Crippen molar-refractivity contribution in [2.75, 3.05) is 13.6 Å². The summed E-state index contributed by atoms with van der Waals surface area (Å²) < 4.78 is 13.2. The van der Waals surface area contributed by atoms with E-state index >= 15 is 0 Å². The summed E-state index contributed by atoms with van der Waals surface area (Å²) >= 11 is 0. The average Bonchev–Trinajstić information content (AvgIpc) is 2.20. The van der Waals surface area contributed by atoms with E-state index in [1.807, 2.05) is 0 Å². The number of carboxylic acid groups (broad SMARTS) is 1. The van der Waals surface area contributed by atoms with Crippen LogP contribution in [0.4, 0.5) is 4.39 Å². The Bertz CT molecular complexity index is 286. The number of aliphatic carboxylic acids is 1. The van der Waals surface area contributed by atoms with Gasteiger partial charge in [0.1, 0.15) is 6.04 Å². The Balaban J connectivity index is 4.04. The van der Waals surface area contributed by atoms with Crippen molar-refractivity contribution in [3.8, 4) is 0 Å². The van der Waals surface area contributed by atoms with Crippen LogP contribution < -0.4 is 11.1 Å². The molecule has 0 aliphatic heterocycles. The molecule has 0 radical (unpaired) electrons. The molecule has 0 aliphatic carbocycles. The maximum Gasteiger partial charge on any atom is 0.324 e. The lowest BCUT2D eigenvalue weighted by Crippen LogP contribution is -2.31. The van der Waals surface area contributed by atoms with Gasteiger partial charge in [-0.15, -0.1) is 0 Å². The number of carboxylic acids is 1. The van der Waals surface area contributed by atoms with Gasteiger partial charge in [0, 0.05) is 13.0 Å². The zero-order chi connectivity index (χ0) is 12.6. The molecular weight excluding hydrogens is 213 g/mol. The van der Waals surface area contributed by atoms with E-state index in [0.29, 0.717) is 18.8 Å². The first kappa shape index (κ1) is 14.6. The molecule has 92 valence electrons. The first-order valence-corrected chi connectivity index (χ1v) is 5.00. The third-order valence-electron chi connectivity index (χ3n) is 1.86. The van der Waals surface area contributed by atoms with Gasteiger partial charge in [0.05, 0.1) is 11.7 Å². The summed E-state index contributed by atoms with van der Waals surface area (Å²) in [6.45, 7) is 2.11. The molecule has 1 atom stereocenters. The van der Waals surface area contributed by atoms with Crippen LogP contribution in [0.1, 0.15) is 19.8 Å². The third-order valence-corrected chi connectivity index (χ3v) is 1.86. The lowest BCUT2D eigenvalue weighted by Gasteiger charge is -2.05. The topological polar surface area (TPSA) is 87.7 Å². The molecule has 16 heavy (non-hydrogen) atoms. The van der Waals surface area contributed by atoms with E-state index < -0.39 is 17.8 Å². The molecule has 0 unspecified atom stereocenters. The van der Waals surface area contributed by atoms with Gasteiger partial charge in [-0.25, -0.2) is 4.39 Å². The van der Waals surface area contributed by atoms with Gasteiger partial charge in [0.25, 0.3) is 0 Å². The quantitative estimate of drug-likeness (QED) is 0.341. The number of likely N-dealkylation sites (N-methyl/N-ethyl adjacent to an activating group) is 1. The summed E-state index contributed by atoms with van der Waals surface area (Å²) in [5.41, 5.74) is 5.31. The Morgan fingerprint density at radius 3 is 2.75 bits per heavy atom. The van der Waals surface area contributed by atoms with E-state index in [2.05, 4.69) is 10.3 Å². The van der Waals surface area contributed by atoms with Crippen LogP contribution >= 0.6 is 0 Å². The fourth-order valence-electron chi connectivity index (χ4n) is 1.05. The molecule has 0 saturated carbocycles. The largest absolute Gasteiger partial charge is 0.480 e. The lowest BCUT2D eigenvalue weighted by molar-refractivity contribution is -0.138. The summed E-state index contributed by atoms with van der Waals surface area (Å²) in [6, 6.07) is -0.986. The van der Waals surface area contributed by atoms with Gasteiger partial charge in [-0.3, -0.25) is 9.79 Å². The third kappa shape index (κ3) is 6.94. The highest BCUT2D eigenvalue weighted by atomic mass is 19.1. The second-order valence-electron chi connectivity index (χ2n) is 3.34. The number of allylic oxidation sites excluding steroid dienone is 1. The molecule has 0 heterocycles. The number of nitrogens with one attached hydrogen (secondary N) is 1. The van der Waals surface area contributed by atoms with Gasteiger partial charge in [-0.2, -0.15) is 0 Å². The maximum absolute atomic E-state index is 13.2. The van der Waals surface area contributed by atoms with Gasteiger partial charge in [-0.05, 0) is 26.5 Å². The summed E-state index contributed by atoms with van der Waals surface area (Å²) in [6.07, 6.45) is 1.73. The van der Waals surface area contributed by atoms with Crippen molar-refractivity contribution in [1.29, 1.82) is 0 Å². The number of amidine groups is 1. The van der Waals surface area contributed by atoms with E-state index in [0.717, 1.165) is 6.08 Å². The van der Waals surface area contributed by atoms with Crippen molar-refractivity contribution < 1.29 is 14.3 Å². The minimum atomic E-state index is -1.10. The van der Waals surface area contributed by atoms with Gasteiger partial charge in [-0.1, -0.05) is 0 Å². The molecule has 0 aliphatic rings. The number of rotatable bonds is 7. The smallest absolute Gasteiger partial charge is 0.324 e. The summed E-state index contributed by atoms with van der Waals surface area (Å²) in [7, 11) is 1.46. The van der Waals surface area contributed by atoms with E-state index in [-0.39, 0.29) is 6.42 Å². The Hall–Kier alpha value is -1.43. The molecule has 0 spiro atoms. The lowest BCUT2D eigenvalue weighted by atomic mass is 10.2. The molecule has 0 fully saturated rings. The van der Waals surface area contributed by atoms with Crippen molar-refractivity contribution >= 4 is 11.8 Å². The van der Waals surface area contributed by atoms with Gasteiger partial charge >= 0.3 is 5.97 Å². The van der Waals surface area contributed by atoms with Crippen LogP contribution in [0.2, 0.25) is 0 Å². The highest BCUT2D eigenvalue weighted by molar-refractivity contribution is 5.77. The Kier molecular flexibility index (Phi) is 7.11. The first-order valence-electron chi connectivity index (χ1n) is 5.00. The molecule has 0 amide bonds. The molecule has 0 saturated heterocycles. The average molecular weight is 231 g/mol. The number of aliphatic imine (C=N–C) groups is 1. The van der Waals surface area contributed by atoms with Gasteiger partial charge < -0.3 is 16.2 Å². The number of hydrogen-bond acceptors (Lipinski definition) is 3. The zero-order valence-corrected chi connectivity index (χ0v) is 9.53. The van der Waals surface area contributed by atoms with Crippen molar-refractivity contribution in [3.05, 3.63) is 11.9 Å². The highest BCUT2D eigenvalue weighted by Gasteiger charge is 2.12. The molecule has 0 aromatic carbocycles. The van der Waals surface area contributed by atoms with E-state index in [4.69, 9.17) is 10.8 Å². The van der Waals surface area contributed by atoms with Gasteiger partial charge in [0.15, 0.2) is 0 Å². The number of carbonyl (C=O) groups is 1. The molecule has 5 nitrogen and oxygen atoms in total. The summed E-state index contributed by atoms with van der Waals surface area (Å²) in [4.78, 5) is 14.5. The van der Waals surface area contributed by atoms with E-state index in [1.165, 1.54) is 7.05 Å². The summed E-state index contributed by atoms with van der Waals surface area (Å²) in [5, 5.41) is 11.1. The number of hydrogen-bond donors (Lipinski definition) is 3. The molecule has 0 rings (SSSR count). The fraction of sp³-hybridized carbons (Fsp3) is 0.600. The highest BCUT2D eigenvalue weighted by Crippen LogP contribution is 2.08. The molecular formula is C10H18FN3O2. The second-order valence-corrected chi connectivity index (χ2v) is 3.34. The Morgan fingerprint density at radius 2 is 2.31 bits per heavy atom. The fourth-order valence-corrected chi connectivity index (χ4v) is 1.05. The van der Waals surface area contributed by atoms with E-state index in [9.17, 15) is 9.18 Å². The molecule has 0 aromatic rings. The molecule has 0 aromatic heterocycles. The number of nitrogens with two attached hydrogens (primary N) is 1. The maximum atomic E-state index is 13.2. The standard InChI is InChI=1S/C10H18FN3O2/c1-7(12)14-5-3-4-8(11)6-9(13-2)10(15)16/h6,9,13H,3-5H2,1-2H3,(H2,12,14)(H,15,16)/b8-6+/t9-/m0/s1. The van der Waals surface area contributed by atoms with Crippen LogP contribution in [0.25, 0.3) is 0 Å². The van der Waals surface area contributed by atoms with Crippen LogP contribution in [-0.4, -0.2) is 36.5 Å². The predicted molar refractivity (Wildman–Crippen MR) is 61.1 cm³/mol. The van der Waals surface area contributed by atoms with Crippen LogP contribution in [0, 0.1) is 0 Å². The summed E-state index contributed by atoms with van der Waals surface area (Å²) in [5.74, 6) is -1.09. The van der Waals surface area contributed by atoms with Crippen LogP contribution in [0.5, 0.6) is 0 Å². The van der Waals surface area contributed by atoms with Crippen LogP contribution in [0.3, 0.4) is 0 Å². The Labute approximate surface area is 94.2 Å². The van der Waals surface area contributed by atoms with Crippen LogP contribution in [-0.2, 0) is 4.79 Å². The monoisotopic (exact) mass is 231 g/mol. The number of halogens is 1. The Morgan fingerprint density at radius 1 is 1.69 bits per heavy atom. The van der Waals surface area contributed by atoms with Crippen molar-refractivity contribution in [2.45, 2.75) is 25.8 Å². The normalized spacial score (nSPS) is 14.9. The molecule has 0 bridgehead atoms. The number of nitrogens with zero attached hydrogens (tertiary/aromatic N) is 1. The van der Waals surface area contributed by atoms with Crippen molar-refractivity contribution in [3.63, 3.8) is 0 Å². The molecule has 6 heteroatoms. The van der Waals surface area contributed by atoms with Crippen LogP contribution in [0.15, 0.2) is 16.9 Å². The SMILES string of the molecule is CN[C@@H](/C=C(/F)CCCN=C(C)N)C(=O)O. The van der Waals surface area contributed by atoms with Crippen molar-refractivity contribution in [2.24, 2.45) is 10.7 Å². The second kappa shape index (κ2) is 7.81. The predicted octanol–water partition coefficient (Wildman–Crippen LogP) is 0.670. The molecule has 4 N–H and O–H groups in total. The minimum absolute atomic E-state index is 0.169.